The Labute approximate surface area is 343 Å². The molecule has 2 heterocycles. The molecule has 1 fully saturated rings. The highest BCUT2D eigenvalue weighted by Gasteiger charge is 2.46. The summed E-state index contributed by atoms with van der Waals surface area (Å²) < 4.78 is 5.63. The number of unbranched alkanes of at least 4 members (excludes halogenated alkanes) is 22. The molecule has 0 spiro atoms. The van der Waals surface area contributed by atoms with Crippen LogP contribution < -0.4 is 0 Å². The highest BCUT2D eigenvalue weighted by molar-refractivity contribution is 5.84. The van der Waals surface area contributed by atoms with E-state index in [1.807, 2.05) is 6.92 Å². The van der Waals surface area contributed by atoms with Crippen molar-refractivity contribution in [1.29, 1.82) is 0 Å². The molecular formula is C50H93N3O2. The van der Waals surface area contributed by atoms with Gasteiger partial charge in [0.15, 0.2) is 0 Å². The summed E-state index contributed by atoms with van der Waals surface area (Å²) in [6.07, 6.45) is 54.4. The van der Waals surface area contributed by atoms with E-state index < -0.39 is 6.17 Å². The Morgan fingerprint density at radius 1 is 0.618 bits per heavy atom. The third-order valence-electron chi connectivity index (χ3n) is 12.6. The Morgan fingerprint density at radius 3 is 1.56 bits per heavy atom. The molecule has 0 aromatic carbocycles. The van der Waals surface area contributed by atoms with Crippen LogP contribution >= 0.6 is 0 Å². The second-order valence-electron chi connectivity index (χ2n) is 17.3. The van der Waals surface area contributed by atoms with E-state index in [1.165, 1.54) is 199 Å². The standard InChI is InChI=1S/C50H93N3O2/c1-5-9-11-13-15-17-19-21-23-25-27-29-31-33-36-41-50(42-37-34-32-30-28-26-24-22-20-18-16-14-12-10-6-2)46-51-48(49(54)55-8-4)53(50)45-39-44-52-43-38-35-40-47(52)7-3/h21-24,46-48H,5-20,25-45H2,1-4H3. The fraction of sp³-hybridized carbons (Fsp3) is 0.880. The molecule has 0 aromatic heterocycles. The van der Waals surface area contributed by atoms with Gasteiger partial charge in [0.1, 0.15) is 0 Å². The third kappa shape index (κ3) is 22.9. The van der Waals surface area contributed by atoms with Gasteiger partial charge in [0.25, 0.3) is 0 Å². The van der Waals surface area contributed by atoms with E-state index in [1.54, 1.807) is 0 Å². The number of aliphatic imine (C=N–C) groups is 1. The van der Waals surface area contributed by atoms with Gasteiger partial charge in [-0.25, -0.2) is 4.79 Å². The van der Waals surface area contributed by atoms with Crippen LogP contribution in [0.5, 0.6) is 0 Å². The summed E-state index contributed by atoms with van der Waals surface area (Å²) in [4.78, 5) is 23.5. The number of carbonyl (C=O) groups is 1. The average molecular weight is 768 g/mol. The van der Waals surface area contributed by atoms with Crippen molar-refractivity contribution in [1.82, 2.24) is 9.80 Å². The summed E-state index contributed by atoms with van der Waals surface area (Å²) in [6.45, 7) is 12.5. The van der Waals surface area contributed by atoms with E-state index in [0.29, 0.717) is 6.61 Å². The van der Waals surface area contributed by atoms with Gasteiger partial charge in [0, 0.05) is 18.8 Å². The maximum atomic E-state index is 13.3. The first kappa shape index (κ1) is 49.7. The Hall–Kier alpha value is -1.46. The SMILES string of the molecule is CCCCCCCCC=CCCCCCCCC1(CCCCCCCC=CCCCCCCCC)C=NC(C(=O)OCC)N1CCCN1CCCCC1CC. The predicted octanol–water partition coefficient (Wildman–Crippen LogP) is 14.7. The minimum absolute atomic E-state index is 0.123. The molecule has 2 atom stereocenters. The first-order valence-electron chi connectivity index (χ1n) is 24.6. The average Bonchev–Trinajstić information content (AvgIpc) is 3.55. The zero-order chi connectivity index (χ0) is 39.5. The molecule has 0 saturated carbocycles. The highest BCUT2D eigenvalue weighted by atomic mass is 16.5. The van der Waals surface area contributed by atoms with Crippen LogP contribution in [-0.4, -0.2) is 66.0 Å². The largest absolute Gasteiger partial charge is 0.463 e. The number of esters is 1. The van der Waals surface area contributed by atoms with Crippen LogP contribution in [0.1, 0.15) is 240 Å². The van der Waals surface area contributed by atoms with Crippen molar-refractivity contribution in [3.8, 4) is 0 Å². The van der Waals surface area contributed by atoms with Crippen LogP contribution in [0.4, 0.5) is 0 Å². The van der Waals surface area contributed by atoms with Crippen molar-refractivity contribution < 1.29 is 9.53 Å². The molecule has 0 amide bonds. The quantitative estimate of drug-likeness (QED) is 0.0359. The zero-order valence-corrected chi connectivity index (χ0v) is 37.4. The maximum Gasteiger partial charge on any atom is 0.346 e. The molecule has 0 aromatic rings. The molecule has 55 heavy (non-hydrogen) atoms. The van der Waals surface area contributed by atoms with Crippen molar-refractivity contribution in [2.24, 2.45) is 4.99 Å². The Balaban J connectivity index is 1.86. The fourth-order valence-corrected chi connectivity index (χ4v) is 9.16. The van der Waals surface area contributed by atoms with Gasteiger partial charge in [-0.15, -0.1) is 0 Å². The number of rotatable bonds is 37. The molecule has 0 radical (unpaired) electrons. The number of piperidine rings is 1. The minimum atomic E-state index is -0.477. The van der Waals surface area contributed by atoms with Gasteiger partial charge in [0.2, 0.25) is 6.17 Å². The molecule has 2 unspecified atom stereocenters. The first-order valence-corrected chi connectivity index (χ1v) is 24.6. The van der Waals surface area contributed by atoms with Crippen LogP contribution in [0.3, 0.4) is 0 Å². The third-order valence-corrected chi connectivity index (χ3v) is 12.6. The minimum Gasteiger partial charge on any atom is -0.463 e. The number of ether oxygens (including phenoxy) is 1. The Morgan fingerprint density at radius 2 is 1.09 bits per heavy atom. The van der Waals surface area contributed by atoms with E-state index in [-0.39, 0.29) is 11.5 Å². The molecule has 2 rings (SSSR count). The topological polar surface area (TPSA) is 45.1 Å². The first-order chi connectivity index (χ1) is 27.1. The molecule has 320 valence electrons. The number of allylic oxidation sites excluding steroid dienone is 4. The maximum absolute atomic E-state index is 13.3. The van der Waals surface area contributed by atoms with Crippen LogP contribution in [0, 0.1) is 0 Å². The number of carbonyl (C=O) groups excluding carboxylic acids is 1. The zero-order valence-electron chi connectivity index (χ0n) is 37.4. The number of hydrogen-bond donors (Lipinski definition) is 0. The van der Waals surface area contributed by atoms with E-state index >= 15 is 0 Å². The molecule has 5 heteroatoms. The van der Waals surface area contributed by atoms with Gasteiger partial charge in [0.05, 0.1) is 12.1 Å². The lowest BCUT2D eigenvalue weighted by Gasteiger charge is -2.40. The lowest BCUT2D eigenvalue weighted by Crippen LogP contribution is -2.53. The summed E-state index contributed by atoms with van der Waals surface area (Å²) in [5, 5.41) is 0. The monoisotopic (exact) mass is 768 g/mol. The van der Waals surface area contributed by atoms with E-state index in [0.717, 1.165) is 38.4 Å². The molecule has 2 aliphatic rings. The summed E-state index contributed by atoms with van der Waals surface area (Å²) in [6, 6.07) is 0.723. The van der Waals surface area contributed by atoms with E-state index in [2.05, 4.69) is 61.1 Å². The lowest BCUT2D eigenvalue weighted by atomic mass is 9.85. The van der Waals surface area contributed by atoms with Gasteiger partial charge in [-0.2, -0.15) is 0 Å². The Kier molecular flexibility index (Phi) is 31.2. The second-order valence-corrected chi connectivity index (χ2v) is 17.3. The fourth-order valence-electron chi connectivity index (χ4n) is 9.16. The molecule has 2 aliphatic heterocycles. The van der Waals surface area contributed by atoms with Crippen molar-refractivity contribution in [3.05, 3.63) is 24.3 Å². The van der Waals surface area contributed by atoms with Gasteiger partial charge in [-0.1, -0.05) is 167 Å². The summed E-state index contributed by atoms with van der Waals surface area (Å²) >= 11 is 0. The molecule has 0 aliphatic carbocycles. The summed E-state index contributed by atoms with van der Waals surface area (Å²) in [7, 11) is 0. The van der Waals surface area contributed by atoms with Crippen molar-refractivity contribution in [2.75, 3.05) is 26.2 Å². The normalized spacial score (nSPS) is 20.8. The smallest absolute Gasteiger partial charge is 0.346 e. The molecule has 5 nitrogen and oxygen atoms in total. The second kappa shape index (κ2) is 34.6. The lowest BCUT2D eigenvalue weighted by molar-refractivity contribution is -0.150. The predicted molar refractivity (Wildman–Crippen MR) is 241 cm³/mol. The van der Waals surface area contributed by atoms with Crippen molar-refractivity contribution >= 4 is 12.2 Å². The van der Waals surface area contributed by atoms with Crippen molar-refractivity contribution in [2.45, 2.75) is 257 Å². The molecular weight excluding hydrogens is 675 g/mol. The number of nitrogens with zero attached hydrogens (tertiary/aromatic N) is 3. The van der Waals surface area contributed by atoms with Gasteiger partial charge >= 0.3 is 5.97 Å². The summed E-state index contributed by atoms with van der Waals surface area (Å²) in [5.41, 5.74) is -0.123. The van der Waals surface area contributed by atoms with E-state index in [9.17, 15) is 4.79 Å². The van der Waals surface area contributed by atoms with Crippen molar-refractivity contribution in [3.63, 3.8) is 0 Å². The molecule has 0 bridgehead atoms. The number of hydrogen-bond acceptors (Lipinski definition) is 5. The van der Waals surface area contributed by atoms with Gasteiger partial charge in [-0.3, -0.25) is 9.89 Å². The van der Waals surface area contributed by atoms with E-state index in [4.69, 9.17) is 9.73 Å². The van der Waals surface area contributed by atoms with Gasteiger partial charge < -0.3 is 9.64 Å². The van der Waals surface area contributed by atoms with Crippen LogP contribution in [-0.2, 0) is 9.53 Å². The van der Waals surface area contributed by atoms with Crippen LogP contribution in [0.2, 0.25) is 0 Å². The summed E-state index contributed by atoms with van der Waals surface area (Å²) in [5.74, 6) is -0.154. The Bertz CT molecular complexity index is 936. The van der Waals surface area contributed by atoms with Crippen LogP contribution in [0.15, 0.2) is 29.3 Å². The van der Waals surface area contributed by atoms with Crippen LogP contribution in [0.25, 0.3) is 0 Å². The molecule has 0 N–H and O–H groups in total. The van der Waals surface area contributed by atoms with Gasteiger partial charge in [-0.05, 0) is 110 Å². The highest BCUT2D eigenvalue weighted by Crippen LogP contribution is 2.35. The molecule has 1 saturated heterocycles. The number of likely N-dealkylation sites (tertiary alicyclic amines) is 1.